The van der Waals surface area contributed by atoms with E-state index < -0.39 is 16.1 Å². The first kappa shape index (κ1) is 14.6. The topological polar surface area (TPSA) is 110 Å². The van der Waals surface area contributed by atoms with E-state index in [9.17, 15) is 18.0 Å². The summed E-state index contributed by atoms with van der Waals surface area (Å²) in [7, 11) is -2.31. The van der Waals surface area contributed by atoms with E-state index in [2.05, 4.69) is 5.32 Å². The van der Waals surface area contributed by atoms with Crippen molar-refractivity contribution in [2.45, 2.75) is 23.9 Å². The number of carbonyl (C=O) groups is 2. The van der Waals surface area contributed by atoms with E-state index in [4.69, 9.17) is 5.14 Å². The number of hydrogen-bond donors (Lipinski definition) is 2. The first-order valence-electron chi connectivity index (χ1n) is 5.94. The first-order chi connectivity index (χ1) is 9.29. The zero-order chi connectivity index (χ0) is 14.9. The Bertz CT molecular complexity index is 656. The molecule has 1 aromatic rings. The van der Waals surface area contributed by atoms with Crippen molar-refractivity contribution in [3.05, 3.63) is 29.8 Å². The van der Waals surface area contributed by atoms with Gasteiger partial charge in [-0.25, -0.2) is 13.6 Å². The molecule has 0 radical (unpaired) electrons. The number of amides is 2. The minimum atomic E-state index is -3.75. The van der Waals surface area contributed by atoms with E-state index in [1.54, 1.807) is 12.1 Å². The number of hydrogen-bond acceptors (Lipinski definition) is 5. The molecule has 0 aliphatic carbocycles. The number of primary sulfonamides is 1. The molecule has 1 heterocycles. The van der Waals surface area contributed by atoms with Gasteiger partial charge in [-0.1, -0.05) is 12.1 Å². The van der Waals surface area contributed by atoms with Gasteiger partial charge >= 0.3 is 0 Å². The zero-order valence-corrected chi connectivity index (χ0v) is 11.7. The predicted molar refractivity (Wildman–Crippen MR) is 70.8 cm³/mol. The van der Waals surface area contributed by atoms with E-state index in [0.29, 0.717) is 5.56 Å². The average Bonchev–Trinajstić information content (AvgIpc) is 2.63. The summed E-state index contributed by atoms with van der Waals surface area (Å²) in [5, 5.41) is 7.99. The Balaban J connectivity index is 2.05. The molecule has 0 bridgehead atoms. The van der Waals surface area contributed by atoms with Crippen molar-refractivity contribution in [2.75, 3.05) is 7.05 Å². The molecular formula is C12H15N3O4S. The monoisotopic (exact) mass is 297 g/mol. The van der Waals surface area contributed by atoms with Crippen LogP contribution >= 0.6 is 0 Å². The summed E-state index contributed by atoms with van der Waals surface area (Å²) >= 11 is 0. The highest BCUT2D eigenvalue weighted by Gasteiger charge is 2.35. The van der Waals surface area contributed by atoms with Gasteiger partial charge in [0, 0.05) is 13.6 Å². The van der Waals surface area contributed by atoms with Crippen LogP contribution < -0.4 is 10.5 Å². The van der Waals surface area contributed by atoms with E-state index in [-0.39, 0.29) is 29.7 Å². The predicted octanol–water partition coefficient (Wildman–Crippen LogP) is -0.819. The molecule has 3 N–H and O–H groups in total. The van der Waals surface area contributed by atoms with Gasteiger partial charge in [-0.15, -0.1) is 0 Å². The lowest BCUT2D eigenvalue weighted by molar-refractivity contribution is -0.137. The molecule has 1 saturated heterocycles. The maximum absolute atomic E-state index is 11.7. The molecule has 1 fully saturated rings. The van der Waals surface area contributed by atoms with Crippen LogP contribution in [0, 0.1) is 0 Å². The summed E-state index contributed by atoms with van der Waals surface area (Å²) < 4.78 is 22.5. The van der Waals surface area contributed by atoms with E-state index in [1.807, 2.05) is 0 Å². The van der Waals surface area contributed by atoms with Crippen LogP contribution in [0.25, 0.3) is 0 Å². The maximum Gasteiger partial charge on any atom is 0.246 e. The number of likely N-dealkylation sites (N-methyl/N-ethyl adjacent to an activating group) is 1. The molecule has 0 saturated carbocycles. The third-order valence-corrected chi connectivity index (χ3v) is 4.07. The first-order valence-corrected chi connectivity index (χ1v) is 7.49. The van der Waals surface area contributed by atoms with Crippen LogP contribution in [-0.2, 0) is 26.2 Å². The van der Waals surface area contributed by atoms with Crippen LogP contribution in [0.5, 0.6) is 0 Å². The molecule has 2 rings (SSSR count). The number of likely N-dealkylation sites (tertiary alicyclic amines) is 1. The summed E-state index contributed by atoms with van der Waals surface area (Å²) in [5.74, 6) is -0.511. The Morgan fingerprint density at radius 1 is 1.40 bits per heavy atom. The second kappa shape index (κ2) is 5.31. The van der Waals surface area contributed by atoms with Gasteiger partial charge in [0.05, 0.1) is 17.4 Å². The lowest BCUT2D eigenvalue weighted by atomic mass is 10.2. The standard InChI is InChI=1S/C12H15N3O4S/c1-15-11(16)6-10(12(15)17)14-7-8-3-2-4-9(5-8)20(13,18)19/h2-5,10,14H,6-7H2,1H3,(H2,13,18,19). The van der Waals surface area contributed by atoms with Crippen molar-refractivity contribution in [3.63, 3.8) is 0 Å². The number of nitrogens with zero attached hydrogens (tertiary/aromatic N) is 1. The molecule has 0 aromatic heterocycles. The van der Waals surface area contributed by atoms with Gasteiger partial charge in [-0.3, -0.25) is 14.5 Å². The normalized spacial score (nSPS) is 19.7. The Hall–Kier alpha value is -1.77. The Kier molecular flexibility index (Phi) is 3.89. The minimum Gasteiger partial charge on any atom is -0.301 e. The smallest absolute Gasteiger partial charge is 0.246 e. The molecule has 8 heteroatoms. The lowest BCUT2D eigenvalue weighted by Crippen LogP contribution is -2.36. The summed E-state index contributed by atoms with van der Waals surface area (Å²) in [6, 6.07) is 5.56. The van der Waals surface area contributed by atoms with Crippen LogP contribution in [0.2, 0.25) is 0 Å². The molecule has 108 valence electrons. The molecule has 7 nitrogen and oxygen atoms in total. The van der Waals surface area contributed by atoms with Crippen molar-refractivity contribution in [1.82, 2.24) is 10.2 Å². The molecule has 1 unspecified atom stereocenters. The lowest BCUT2D eigenvalue weighted by Gasteiger charge is -2.11. The van der Waals surface area contributed by atoms with E-state index in [0.717, 1.165) is 4.90 Å². The number of benzene rings is 1. The number of sulfonamides is 1. The van der Waals surface area contributed by atoms with Gasteiger partial charge in [0.15, 0.2) is 0 Å². The second-order valence-corrected chi connectivity index (χ2v) is 6.18. The van der Waals surface area contributed by atoms with Crippen LogP contribution in [0.15, 0.2) is 29.2 Å². The van der Waals surface area contributed by atoms with Crippen LogP contribution in [0.3, 0.4) is 0 Å². The molecule has 0 spiro atoms. The molecular weight excluding hydrogens is 282 g/mol. The number of carbonyl (C=O) groups excluding carboxylic acids is 2. The van der Waals surface area contributed by atoms with Crippen molar-refractivity contribution in [2.24, 2.45) is 5.14 Å². The number of imide groups is 1. The fourth-order valence-electron chi connectivity index (χ4n) is 1.99. The van der Waals surface area contributed by atoms with E-state index >= 15 is 0 Å². The number of nitrogens with two attached hydrogens (primary N) is 1. The van der Waals surface area contributed by atoms with Gasteiger partial charge in [-0.2, -0.15) is 0 Å². The molecule has 1 aliphatic rings. The molecule has 1 aliphatic heterocycles. The number of nitrogens with one attached hydrogen (secondary N) is 1. The third kappa shape index (κ3) is 3.03. The van der Waals surface area contributed by atoms with Crippen LogP contribution in [0.1, 0.15) is 12.0 Å². The van der Waals surface area contributed by atoms with Crippen molar-refractivity contribution >= 4 is 21.8 Å². The highest BCUT2D eigenvalue weighted by atomic mass is 32.2. The van der Waals surface area contributed by atoms with Crippen molar-refractivity contribution in [3.8, 4) is 0 Å². The second-order valence-electron chi connectivity index (χ2n) is 4.62. The van der Waals surface area contributed by atoms with E-state index in [1.165, 1.54) is 19.2 Å². The SMILES string of the molecule is CN1C(=O)CC(NCc2cccc(S(N)(=O)=O)c2)C1=O. The third-order valence-electron chi connectivity index (χ3n) is 3.16. The average molecular weight is 297 g/mol. The van der Waals surface area contributed by atoms with Crippen molar-refractivity contribution < 1.29 is 18.0 Å². The summed E-state index contributed by atoms with van der Waals surface area (Å²) in [6.07, 6.45) is 0.115. The Morgan fingerprint density at radius 2 is 2.10 bits per heavy atom. The largest absolute Gasteiger partial charge is 0.301 e. The quantitative estimate of drug-likeness (QED) is 0.706. The van der Waals surface area contributed by atoms with Gasteiger partial charge in [0.25, 0.3) is 0 Å². The molecule has 20 heavy (non-hydrogen) atoms. The fraction of sp³-hybridized carbons (Fsp3) is 0.333. The van der Waals surface area contributed by atoms with Gasteiger partial charge in [0.1, 0.15) is 0 Å². The van der Waals surface area contributed by atoms with Crippen molar-refractivity contribution in [1.29, 1.82) is 0 Å². The van der Waals surface area contributed by atoms with Gasteiger partial charge < -0.3 is 5.32 Å². The Morgan fingerprint density at radius 3 is 2.65 bits per heavy atom. The molecule has 2 amide bonds. The highest BCUT2D eigenvalue weighted by molar-refractivity contribution is 7.89. The van der Waals surface area contributed by atoms with Crippen LogP contribution in [-0.4, -0.2) is 38.2 Å². The van der Waals surface area contributed by atoms with Crippen LogP contribution in [0.4, 0.5) is 0 Å². The summed E-state index contributed by atoms with van der Waals surface area (Å²) in [4.78, 5) is 24.1. The molecule has 1 atom stereocenters. The maximum atomic E-state index is 11.7. The number of rotatable bonds is 4. The zero-order valence-electron chi connectivity index (χ0n) is 10.9. The summed E-state index contributed by atoms with van der Waals surface area (Å²) in [5.41, 5.74) is 0.673. The van der Waals surface area contributed by atoms with Gasteiger partial charge in [-0.05, 0) is 17.7 Å². The summed E-state index contributed by atoms with van der Waals surface area (Å²) in [6.45, 7) is 0.279. The fourth-order valence-corrected chi connectivity index (χ4v) is 2.57. The highest BCUT2D eigenvalue weighted by Crippen LogP contribution is 2.13. The Labute approximate surface area is 116 Å². The minimum absolute atomic E-state index is 0.0164. The molecule has 1 aromatic carbocycles. The van der Waals surface area contributed by atoms with Gasteiger partial charge in [0.2, 0.25) is 21.8 Å².